The van der Waals surface area contributed by atoms with Gasteiger partial charge < -0.3 is 0 Å². The molecular formula is C68H48. The van der Waals surface area contributed by atoms with Gasteiger partial charge in [-0.2, -0.15) is 0 Å². The third-order valence-corrected chi connectivity index (χ3v) is 15.0. The summed E-state index contributed by atoms with van der Waals surface area (Å²) in [4.78, 5) is 0. The van der Waals surface area contributed by atoms with Crippen molar-refractivity contribution in [2.75, 3.05) is 0 Å². The lowest BCUT2D eigenvalue weighted by molar-refractivity contribution is 0.450. The average molecular weight is 865 g/mol. The Morgan fingerprint density at radius 3 is 1.32 bits per heavy atom. The Labute approximate surface area is 398 Å². The van der Waals surface area contributed by atoms with Gasteiger partial charge in [0.25, 0.3) is 0 Å². The van der Waals surface area contributed by atoms with Gasteiger partial charge in [0.05, 0.1) is 0 Å². The topological polar surface area (TPSA) is 0 Å². The fourth-order valence-corrected chi connectivity index (χ4v) is 12.1. The first-order valence-corrected chi connectivity index (χ1v) is 24.0. The van der Waals surface area contributed by atoms with Crippen LogP contribution in [0.5, 0.6) is 0 Å². The fourth-order valence-electron chi connectivity index (χ4n) is 12.1. The van der Waals surface area contributed by atoms with Crippen molar-refractivity contribution in [3.8, 4) is 66.8 Å². The molecule has 1 aliphatic rings. The second-order valence-corrected chi connectivity index (χ2v) is 18.9. The Balaban J connectivity index is 1.04. The van der Waals surface area contributed by atoms with Crippen LogP contribution in [0.3, 0.4) is 0 Å². The average Bonchev–Trinajstić information content (AvgIpc) is 3.70. The van der Waals surface area contributed by atoms with E-state index in [0.717, 1.165) is 0 Å². The minimum atomic E-state index is -0.350. The summed E-state index contributed by atoms with van der Waals surface area (Å²) in [6.07, 6.45) is 0. The summed E-state index contributed by atoms with van der Waals surface area (Å²) >= 11 is 0. The third kappa shape index (κ3) is 6.07. The van der Waals surface area contributed by atoms with Crippen molar-refractivity contribution >= 4 is 43.1 Å². The summed E-state index contributed by atoms with van der Waals surface area (Å²) in [5.74, 6) is 0.281. The molecule has 320 valence electrons. The molecule has 0 saturated carbocycles. The highest BCUT2D eigenvalue weighted by Gasteiger charge is 2.47. The second kappa shape index (κ2) is 15.9. The molecule has 0 heterocycles. The monoisotopic (exact) mass is 864 g/mol. The Bertz CT molecular complexity index is 3810. The van der Waals surface area contributed by atoms with Gasteiger partial charge in [-0.05, 0) is 157 Å². The van der Waals surface area contributed by atoms with E-state index in [-0.39, 0.29) is 11.3 Å². The van der Waals surface area contributed by atoms with E-state index in [9.17, 15) is 0 Å². The van der Waals surface area contributed by atoms with E-state index in [1.165, 1.54) is 127 Å². The minimum Gasteiger partial charge on any atom is -0.0622 e. The SMILES string of the molecule is CC(C)C1(c2cccc3ccccc23)c2ccccc2-c2ccc(-c3c4ccccc4c(-c4ccc(-c5cc(-c6ccccc6)cc(-c6ccccc6)c5)c5ccccc45)c4ccccc34)cc21. The first-order chi connectivity index (χ1) is 33.6. The van der Waals surface area contributed by atoms with E-state index in [4.69, 9.17) is 0 Å². The zero-order valence-electron chi connectivity index (χ0n) is 38.2. The van der Waals surface area contributed by atoms with Crippen molar-refractivity contribution in [2.45, 2.75) is 19.3 Å². The molecule has 68 heavy (non-hydrogen) atoms. The number of rotatable bonds is 7. The molecule has 12 aromatic carbocycles. The molecule has 0 bridgehead atoms. The molecule has 0 fully saturated rings. The molecule has 13 rings (SSSR count). The molecule has 0 radical (unpaired) electrons. The maximum Gasteiger partial charge on any atom is 0.0492 e. The van der Waals surface area contributed by atoms with Crippen LogP contribution in [-0.4, -0.2) is 0 Å². The van der Waals surface area contributed by atoms with E-state index >= 15 is 0 Å². The molecule has 1 atom stereocenters. The first kappa shape index (κ1) is 40.0. The largest absolute Gasteiger partial charge is 0.0622 e. The molecule has 12 aromatic rings. The minimum absolute atomic E-state index is 0.281. The molecule has 0 heteroatoms. The molecule has 0 aliphatic heterocycles. The summed E-state index contributed by atoms with van der Waals surface area (Å²) in [7, 11) is 0. The molecule has 0 saturated heterocycles. The molecule has 1 aliphatic carbocycles. The van der Waals surface area contributed by atoms with Gasteiger partial charge in [-0.15, -0.1) is 0 Å². The molecule has 0 nitrogen and oxygen atoms in total. The van der Waals surface area contributed by atoms with Gasteiger partial charge in [-0.1, -0.05) is 238 Å². The third-order valence-electron chi connectivity index (χ3n) is 15.0. The predicted octanol–water partition coefficient (Wildman–Crippen LogP) is 18.6. The van der Waals surface area contributed by atoms with Crippen molar-refractivity contribution in [1.29, 1.82) is 0 Å². The smallest absolute Gasteiger partial charge is 0.0492 e. The van der Waals surface area contributed by atoms with E-state index in [1.54, 1.807) is 0 Å². The van der Waals surface area contributed by atoms with Gasteiger partial charge in [0.15, 0.2) is 0 Å². The first-order valence-electron chi connectivity index (χ1n) is 24.0. The zero-order chi connectivity index (χ0) is 45.3. The van der Waals surface area contributed by atoms with Crippen LogP contribution in [0, 0.1) is 5.92 Å². The molecular weight excluding hydrogens is 817 g/mol. The fraction of sp³-hybridized carbons (Fsp3) is 0.0588. The maximum atomic E-state index is 2.56. The van der Waals surface area contributed by atoms with Crippen molar-refractivity contribution in [3.63, 3.8) is 0 Å². The van der Waals surface area contributed by atoms with Gasteiger partial charge in [-0.25, -0.2) is 0 Å². The van der Waals surface area contributed by atoms with Crippen LogP contribution in [0.25, 0.3) is 110 Å². The van der Waals surface area contributed by atoms with Crippen molar-refractivity contribution in [2.24, 2.45) is 5.92 Å². The summed E-state index contributed by atoms with van der Waals surface area (Å²) in [5.41, 5.74) is 18.8. The van der Waals surface area contributed by atoms with E-state index < -0.39 is 0 Å². The Morgan fingerprint density at radius 2 is 0.691 bits per heavy atom. The van der Waals surface area contributed by atoms with Crippen LogP contribution >= 0.6 is 0 Å². The Morgan fingerprint density at radius 1 is 0.250 bits per heavy atom. The highest BCUT2D eigenvalue weighted by molar-refractivity contribution is 6.24. The number of benzene rings is 12. The Hall–Kier alpha value is -8.32. The standard InChI is InChI=1S/C68H48/c1-44(2)68(63-35-19-25-47-24-9-10-26-53(47)63)64-34-18-17-29-56(64)57-37-36-48(43-65(57)68)66-58-30-13-15-32-60(58)67(61-33-16-14-31-59(61)66)62-39-38-52(54-27-11-12-28-55(54)62)51-41-49(45-20-5-3-6-21-45)40-50(42-51)46-22-7-4-8-23-46/h3-44H,1-2H3. The molecule has 0 spiro atoms. The van der Waals surface area contributed by atoms with Crippen molar-refractivity contribution in [3.05, 3.63) is 265 Å². The normalized spacial score (nSPS) is 14.2. The van der Waals surface area contributed by atoms with Crippen LogP contribution in [0.2, 0.25) is 0 Å². The number of hydrogen-bond donors (Lipinski definition) is 0. The number of fused-ring (bicyclic) bond motifs is 7. The quantitative estimate of drug-likeness (QED) is 0.140. The van der Waals surface area contributed by atoms with E-state index in [1.807, 2.05) is 0 Å². The maximum absolute atomic E-state index is 2.56. The van der Waals surface area contributed by atoms with E-state index in [0.29, 0.717) is 0 Å². The zero-order valence-corrected chi connectivity index (χ0v) is 38.2. The molecule has 1 unspecified atom stereocenters. The van der Waals surface area contributed by atoms with Crippen LogP contribution in [0.1, 0.15) is 30.5 Å². The highest BCUT2D eigenvalue weighted by Crippen LogP contribution is 2.59. The van der Waals surface area contributed by atoms with Crippen LogP contribution in [-0.2, 0) is 5.41 Å². The van der Waals surface area contributed by atoms with Gasteiger partial charge in [-0.3, -0.25) is 0 Å². The summed E-state index contributed by atoms with van der Waals surface area (Å²) in [6.45, 7) is 4.83. The lowest BCUT2D eigenvalue weighted by Gasteiger charge is -2.38. The lowest BCUT2D eigenvalue weighted by atomic mass is 9.64. The van der Waals surface area contributed by atoms with Crippen molar-refractivity contribution < 1.29 is 0 Å². The van der Waals surface area contributed by atoms with Crippen LogP contribution in [0.4, 0.5) is 0 Å². The number of hydrogen-bond acceptors (Lipinski definition) is 0. The van der Waals surface area contributed by atoms with Gasteiger partial charge in [0.1, 0.15) is 0 Å². The summed E-state index contributed by atoms with van der Waals surface area (Å²) < 4.78 is 0. The van der Waals surface area contributed by atoms with Crippen LogP contribution in [0.15, 0.2) is 249 Å². The van der Waals surface area contributed by atoms with Gasteiger partial charge in [0, 0.05) is 5.41 Å². The van der Waals surface area contributed by atoms with Gasteiger partial charge >= 0.3 is 0 Å². The summed E-state index contributed by atoms with van der Waals surface area (Å²) in [5, 5.41) is 10.1. The van der Waals surface area contributed by atoms with Crippen LogP contribution < -0.4 is 0 Å². The highest BCUT2D eigenvalue weighted by atomic mass is 14.5. The van der Waals surface area contributed by atoms with Gasteiger partial charge in [0.2, 0.25) is 0 Å². The summed E-state index contributed by atoms with van der Waals surface area (Å²) in [6, 6.07) is 93.0. The predicted molar refractivity (Wildman–Crippen MR) is 290 cm³/mol. The molecule has 0 N–H and O–H groups in total. The Kier molecular flexibility index (Phi) is 9.37. The van der Waals surface area contributed by atoms with E-state index in [2.05, 4.69) is 263 Å². The molecule has 0 amide bonds. The second-order valence-electron chi connectivity index (χ2n) is 18.9. The lowest BCUT2D eigenvalue weighted by Crippen LogP contribution is -2.33. The molecule has 0 aromatic heterocycles. The van der Waals surface area contributed by atoms with Crippen molar-refractivity contribution in [1.82, 2.24) is 0 Å².